The van der Waals surface area contributed by atoms with Crippen LogP contribution in [0.2, 0.25) is 0 Å². The lowest BCUT2D eigenvalue weighted by Crippen LogP contribution is -2.35. The van der Waals surface area contributed by atoms with Gasteiger partial charge in [-0.1, -0.05) is 6.07 Å². The highest BCUT2D eigenvalue weighted by molar-refractivity contribution is 6.15. The summed E-state index contributed by atoms with van der Waals surface area (Å²) in [6.07, 6.45) is 1.59. The molecule has 0 radical (unpaired) electrons. The van der Waals surface area contributed by atoms with Crippen LogP contribution in [-0.4, -0.2) is 39.0 Å². The molecule has 1 saturated heterocycles. The van der Waals surface area contributed by atoms with Gasteiger partial charge in [-0.25, -0.2) is 9.69 Å². The number of carbonyl (C=O) groups excluding carboxylic acids is 2. The van der Waals surface area contributed by atoms with E-state index in [1.807, 2.05) is 33.8 Å². The van der Waals surface area contributed by atoms with E-state index in [1.165, 1.54) is 0 Å². The van der Waals surface area contributed by atoms with E-state index in [0.717, 1.165) is 33.8 Å². The van der Waals surface area contributed by atoms with Crippen molar-refractivity contribution >= 4 is 24.0 Å². The molecule has 0 unspecified atom stereocenters. The first-order valence-corrected chi connectivity index (χ1v) is 8.51. The predicted molar refractivity (Wildman–Crippen MR) is 101 cm³/mol. The lowest BCUT2D eigenvalue weighted by Gasteiger charge is -2.12. The van der Waals surface area contributed by atoms with Gasteiger partial charge in [0.25, 0.3) is 5.91 Å². The van der Waals surface area contributed by atoms with Crippen LogP contribution in [0.3, 0.4) is 0 Å². The van der Waals surface area contributed by atoms with Gasteiger partial charge in [-0.15, -0.1) is 0 Å². The number of amides is 3. The first-order chi connectivity index (χ1) is 12.7. The van der Waals surface area contributed by atoms with Gasteiger partial charge in [0.05, 0.1) is 0 Å². The molecule has 0 spiro atoms. The molecule has 3 amide bonds. The topological polar surface area (TPSA) is 91.6 Å². The van der Waals surface area contributed by atoms with Gasteiger partial charge in [-0.3, -0.25) is 9.59 Å². The maximum absolute atomic E-state index is 12.3. The van der Waals surface area contributed by atoms with E-state index in [0.29, 0.717) is 4.90 Å². The number of aliphatic carboxylic acids is 1. The zero-order chi connectivity index (χ0) is 19.9. The Morgan fingerprint density at radius 2 is 1.70 bits per heavy atom. The zero-order valence-electron chi connectivity index (χ0n) is 15.7. The highest BCUT2D eigenvalue weighted by Crippen LogP contribution is 2.25. The maximum Gasteiger partial charge on any atom is 0.329 e. The number of carboxylic acids is 1. The van der Waals surface area contributed by atoms with Gasteiger partial charge in [-0.05, 0) is 68.7 Å². The third kappa shape index (κ3) is 3.48. The molecule has 1 aliphatic rings. The SMILES string of the molecule is Cc1cc(C)cc(-n2c(C)cc(/C=C3/NC(=O)N(CC(=O)O)C3=O)c2C)c1. The molecule has 1 aliphatic heterocycles. The smallest absolute Gasteiger partial charge is 0.329 e. The van der Waals surface area contributed by atoms with Crippen molar-refractivity contribution in [3.8, 4) is 5.69 Å². The van der Waals surface area contributed by atoms with Crippen LogP contribution >= 0.6 is 0 Å². The number of aromatic nitrogens is 1. The molecule has 140 valence electrons. The number of hydrogen-bond acceptors (Lipinski definition) is 3. The number of imide groups is 1. The Morgan fingerprint density at radius 3 is 2.30 bits per heavy atom. The van der Waals surface area contributed by atoms with Gasteiger partial charge >= 0.3 is 12.0 Å². The Hall–Kier alpha value is -3.35. The number of carbonyl (C=O) groups is 3. The minimum absolute atomic E-state index is 0.0712. The van der Waals surface area contributed by atoms with Crippen LogP contribution in [0.1, 0.15) is 28.1 Å². The van der Waals surface area contributed by atoms with Crippen molar-refractivity contribution in [2.24, 2.45) is 0 Å². The van der Waals surface area contributed by atoms with E-state index >= 15 is 0 Å². The third-order valence-electron chi connectivity index (χ3n) is 4.49. The maximum atomic E-state index is 12.3. The molecule has 2 aromatic rings. The van der Waals surface area contributed by atoms with Gasteiger partial charge in [0, 0.05) is 17.1 Å². The number of urea groups is 1. The number of carboxylic acid groups (broad SMARTS) is 1. The molecule has 1 aromatic heterocycles. The Bertz CT molecular complexity index is 981. The molecule has 0 bridgehead atoms. The lowest BCUT2D eigenvalue weighted by atomic mass is 10.1. The van der Waals surface area contributed by atoms with E-state index in [9.17, 15) is 14.4 Å². The minimum atomic E-state index is -1.24. The molecule has 1 aromatic carbocycles. The van der Waals surface area contributed by atoms with Crippen molar-refractivity contribution in [2.45, 2.75) is 27.7 Å². The normalized spacial score (nSPS) is 15.6. The summed E-state index contributed by atoms with van der Waals surface area (Å²) in [5, 5.41) is 11.3. The van der Waals surface area contributed by atoms with E-state index in [2.05, 4.69) is 28.1 Å². The second-order valence-corrected chi connectivity index (χ2v) is 6.78. The average molecular weight is 367 g/mol. The first kappa shape index (κ1) is 18.4. The second-order valence-electron chi connectivity index (χ2n) is 6.78. The molecular formula is C20H21N3O4. The number of nitrogens with zero attached hydrogens (tertiary/aromatic N) is 2. The highest BCUT2D eigenvalue weighted by Gasteiger charge is 2.35. The van der Waals surface area contributed by atoms with Crippen molar-refractivity contribution in [2.75, 3.05) is 6.54 Å². The largest absolute Gasteiger partial charge is 0.480 e. The fourth-order valence-electron chi connectivity index (χ4n) is 3.42. The standard InChI is InChI=1S/C20H21N3O4/c1-11-5-12(2)7-16(6-11)23-13(3)8-15(14(23)4)9-17-19(26)22(10-18(24)25)20(27)21-17/h5-9H,10H2,1-4H3,(H,21,27)(H,24,25)/b17-9+. The van der Waals surface area contributed by atoms with Gasteiger partial charge in [-0.2, -0.15) is 0 Å². The average Bonchev–Trinajstić information content (AvgIpc) is 2.97. The summed E-state index contributed by atoms with van der Waals surface area (Å²) in [7, 11) is 0. The van der Waals surface area contributed by atoms with Crippen LogP contribution in [0.5, 0.6) is 0 Å². The van der Waals surface area contributed by atoms with Crippen molar-refractivity contribution in [3.63, 3.8) is 0 Å². The minimum Gasteiger partial charge on any atom is -0.480 e. The molecule has 1 fully saturated rings. The molecule has 2 heterocycles. The van der Waals surface area contributed by atoms with Crippen LogP contribution in [0, 0.1) is 27.7 Å². The number of aryl methyl sites for hydroxylation is 3. The third-order valence-corrected chi connectivity index (χ3v) is 4.49. The van der Waals surface area contributed by atoms with Gasteiger partial charge < -0.3 is 15.0 Å². The van der Waals surface area contributed by atoms with E-state index in [1.54, 1.807) is 6.08 Å². The van der Waals surface area contributed by atoms with Crippen LogP contribution in [0.4, 0.5) is 4.79 Å². The molecule has 0 aliphatic carbocycles. The van der Waals surface area contributed by atoms with Crippen LogP contribution in [-0.2, 0) is 9.59 Å². The summed E-state index contributed by atoms with van der Waals surface area (Å²) >= 11 is 0. The molecule has 7 nitrogen and oxygen atoms in total. The first-order valence-electron chi connectivity index (χ1n) is 8.51. The predicted octanol–water partition coefficient (Wildman–Crippen LogP) is 2.69. The van der Waals surface area contributed by atoms with Crippen LogP contribution in [0.15, 0.2) is 30.0 Å². The number of rotatable bonds is 4. The Kier molecular flexibility index (Phi) is 4.61. The fourth-order valence-corrected chi connectivity index (χ4v) is 3.42. The Labute approximate surface area is 156 Å². The van der Waals surface area contributed by atoms with Crippen molar-refractivity contribution < 1.29 is 19.5 Å². The summed E-state index contributed by atoms with van der Waals surface area (Å²) in [5.41, 5.74) is 6.10. The molecule has 3 rings (SSSR count). The summed E-state index contributed by atoms with van der Waals surface area (Å²) in [5.74, 6) is -1.88. The van der Waals surface area contributed by atoms with Crippen molar-refractivity contribution in [1.29, 1.82) is 0 Å². The van der Waals surface area contributed by atoms with E-state index < -0.39 is 24.5 Å². The van der Waals surface area contributed by atoms with E-state index in [4.69, 9.17) is 5.11 Å². The number of nitrogens with one attached hydrogen (secondary N) is 1. The van der Waals surface area contributed by atoms with Crippen molar-refractivity contribution in [3.05, 3.63) is 58.0 Å². The van der Waals surface area contributed by atoms with Crippen LogP contribution < -0.4 is 5.32 Å². The quantitative estimate of drug-likeness (QED) is 0.642. The lowest BCUT2D eigenvalue weighted by molar-refractivity contribution is -0.140. The zero-order valence-corrected chi connectivity index (χ0v) is 15.7. The Balaban J connectivity index is 2.00. The van der Waals surface area contributed by atoms with Gasteiger partial charge in [0.1, 0.15) is 12.2 Å². The molecule has 0 atom stereocenters. The monoisotopic (exact) mass is 367 g/mol. The fraction of sp³-hybridized carbons (Fsp3) is 0.250. The van der Waals surface area contributed by atoms with Gasteiger partial charge in [0.2, 0.25) is 0 Å². The molecule has 27 heavy (non-hydrogen) atoms. The summed E-state index contributed by atoms with van der Waals surface area (Å²) in [4.78, 5) is 35.7. The molecule has 7 heteroatoms. The summed E-state index contributed by atoms with van der Waals surface area (Å²) in [6.45, 7) is 7.32. The highest BCUT2D eigenvalue weighted by atomic mass is 16.4. The number of benzene rings is 1. The van der Waals surface area contributed by atoms with Crippen molar-refractivity contribution in [1.82, 2.24) is 14.8 Å². The molecular weight excluding hydrogens is 346 g/mol. The second kappa shape index (κ2) is 6.75. The van der Waals surface area contributed by atoms with Crippen LogP contribution in [0.25, 0.3) is 11.8 Å². The van der Waals surface area contributed by atoms with E-state index in [-0.39, 0.29) is 5.70 Å². The Morgan fingerprint density at radius 1 is 1.07 bits per heavy atom. The number of hydrogen-bond donors (Lipinski definition) is 2. The summed E-state index contributed by atoms with van der Waals surface area (Å²) < 4.78 is 2.09. The summed E-state index contributed by atoms with van der Waals surface area (Å²) in [6, 6.07) is 7.47. The molecule has 0 saturated carbocycles. The van der Waals surface area contributed by atoms with Gasteiger partial charge in [0.15, 0.2) is 0 Å². The molecule has 2 N–H and O–H groups in total.